The first-order chi connectivity index (χ1) is 10.9. The number of hydrogen-bond donors (Lipinski definition) is 2. The monoisotopic (exact) mass is 339 g/mol. The van der Waals surface area contributed by atoms with Crippen LogP contribution in [0.3, 0.4) is 0 Å². The fourth-order valence-electron chi connectivity index (χ4n) is 3.06. The number of nitrogens with one attached hydrogen (secondary N) is 2. The molecule has 5 nitrogen and oxygen atoms in total. The van der Waals surface area contributed by atoms with Gasteiger partial charge in [0.2, 0.25) is 0 Å². The standard InChI is InChI=1S/C17H29N3O2S/c1-5-14-20-13(11-23-14)10-19-16(21)18-9-12-7-6-8-22-15(12)17(2,3)4/h11-12,15H,5-10H2,1-4H3,(H2,18,19,21)/t12-,15-/m0/s1. The Morgan fingerprint density at radius 2 is 2.22 bits per heavy atom. The maximum Gasteiger partial charge on any atom is 0.315 e. The molecular weight excluding hydrogens is 310 g/mol. The Morgan fingerprint density at radius 3 is 2.87 bits per heavy atom. The lowest BCUT2D eigenvalue weighted by molar-refractivity contribution is -0.0837. The fourth-order valence-corrected chi connectivity index (χ4v) is 3.80. The minimum Gasteiger partial charge on any atom is -0.377 e. The van der Waals surface area contributed by atoms with Crippen LogP contribution in [0.1, 0.15) is 51.2 Å². The molecule has 0 aromatic carbocycles. The number of carbonyl (C=O) groups is 1. The van der Waals surface area contributed by atoms with E-state index in [0.29, 0.717) is 19.0 Å². The van der Waals surface area contributed by atoms with Crippen molar-refractivity contribution in [2.24, 2.45) is 11.3 Å². The van der Waals surface area contributed by atoms with Crippen LogP contribution in [0, 0.1) is 11.3 Å². The zero-order valence-electron chi connectivity index (χ0n) is 14.6. The number of urea groups is 1. The molecule has 0 spiro atoms. The number of aromatic nitrogens is 1. The van der Waals surface area contributed by atoms with Crippen molar-refractivity contribution >= 4 is 17.4 Å². The molecule has 0 unspecified atom stereocenters. The van der Waals surface area contributed by atoms with E-state index in [1.807, 2.05) is 5.38 Å². The first-order valence-corrected chi connectivity index (χ1v) is 9.34. The normalized spacial score (nSPS) is 21.9. The van der Waals surface area contributed by atoms with E-state index >= 15 is 0 Å². The van der Waals surface area contributed by atoms with Gasteiger partial charge in [-0.05, 0) is 24.7 Å². The lowest BCUT2D eigenvalue weighted by atomic mass is 9.78. The lowest BCUT2D eigenvalue weighted by Crippen LogP contribution is -2.46. The second-order valence-electron chi connectivity index (χ2n) is 7.21. The van der Waals surface area contributed by atoms with Gasteiger partial charge in [0.05, 0.1) is 23.4 Å². The van der Waals surface area contributed by atoms with Crippen molar-refractivity contribution in [1.82, 2.24) is 15.6 Å². The fraction of sp³-hybridized carbons (Fsp3) is 0.765. The Bertz CT molecular complexity index is 510. The number of aryl methyl sites for hydroxylation is 1. The third-order valence-corrected chi connectivity index (χ3v) is 5.20. The second kappa shape index (κ2) is 8.11. The van der Waals surface area contributed by atoms with Crippen LogP contribution in [-0.4, -0.2) is 30.3 Å². The average Bonchev–Trinajstić information content (AvgIpc) is 2.98. The highest BCUT2D eigenvalue weighted by Gasteiger charge is 2.35. The Morgan fingerprint density at radius 1 is 1.43 bits per heavy atom. The van der Waals surface area contributed by atoms with Crippen LogP contribution in [0.2, 0.25) is 0 Å². The number of carbonyl (C=O) groups excluding carboxylic acids is 1. The summed E-state index contributed by atoms with van der Waals surface area (Å²) in [4.78, 5) is 16.5. The van der Waals surface area contributed by atoms with Gasteiger partial charge in [0.1, 0.15) is 0 Å². The van der Waals surface area contributed by atoms with Crippen LogP contribution < -0.4 is 10.6 Å². The topological polar surface area (TPSA) is 63.2 Å². The van der Waals surface area contributed by atoms with Crippen molar-refractivity contribution in [3.63, 3.8) is 0 Å². The van der Waals surface area contributed by atoms with E-state index in [1.165, 1.54) is 0 Å². The van der Waals surface area contributed by atoms with Crippen LogP contribution in [0.15, 0.2) is 5.38 Å². The summed E-state index contributed by atoms with van der Waals surface area (Å²) in [6.45, 7) is 10.6. The Kier molecular flexibility index (Phi) is 6.41. The van der Waals surface area contributed by atoms with Crippen molar-refractivity contribution in [1.29, 1.82) is 0 Å². The van der Waals surface area contributed by atoms with E-state index in [2.05, 4.69) is 43.3 Å². The molecule has 2 N–H and O–H groups in total. The van der Waals surface area contributed by atoms with Crippen LogP contribution in [0.4, 0.5) is 4.79 Å². The van der Waals surface area contributed by atoms with Crippen molar-refractivity contribution in [3.8, 4) is 0 Å². The van der Waals surface area contributed by atoms with E-state index in [-0.39, 0.29) is 17.6 Å². The molecule has 1 aromatic rings. The molecule has 2 rings (SSSR count). The van der Waals surface area contributed by atoms with Crippen molar-refractivity contribution in [3.05, 3.63) is 16.1 Å². The quantitative estimate of drug-likeness (QED) is 0.865. The molecule has 1 aromatic heterocycles. The largest absolute Gasteiger partial charge is 0.377 e. The third kappa shape index (κ3) is 5.46. The number of nitrogens with zero attached hydrogens (tertiary/aromatic N) is 1. The Hall–Kier alpha value is -1.14. The SMILES string of the molecule is CCc1nc(CNC(=O)NC[C@@H]2CCCO[C@@H]2C(C)(C)C)cs1. The highest BCUT2D eigenvalue weighted by Crippen LogP contribution is 2.33. The summed E-state index contributed by atoms with van der Waals surface area (Å²) in [6, 6.07) is -0.130. The van der Waals surface area contributed by atoms with E-state index in [4.69, 9.17) is 4.74 Å². The molecule has 2 heterocycles. The molecule has 23 heavy (non-hydrogen) atoms. The van der Waals surface area contributed by atoms with Crippen LogP contribution >= 0.6 is 11.3 Å². The maximum atomic E-state index is 12.0. The summed E-state index contributed by atoms with van der Waals surface area (Å²) in [5.74, 6) is 0.375. The van der Waals surface area contributed by atoms with Crippen LogP contribution in [0.25, 0.3) is 0 Å². The number of rotatable bonds is 5. The first-order valence-electron chi connectivity index (χ1n) is 8.46. The van der Waals surface area contributed by atoms with Gasteiger partial charge in [-0.15, -0.1) is 11.3 Å². The molecule has 1 saturated heterocycles. The Labute approximate surface area is 143 Å². The van der Waals surface area contributed by atoms with Gasteiger partial charge in [-0.25, -0.2) is 9.78 Å². The highest BCUT2D eigenvalue weighted by molar-refractivity contribution is 7.09. The molecule has 130 valence electrons. The van der Waals surface area contributed by atoms with Gasteiger partial charge in [0.25, 0.3) is 0 Å². The molecule has 1 aliphatic heterocycles. The molecule has 6 heteroatoms. The van der Waals surface area contributed by atoms with Gasteiger partial charge < -0.3 is 15.4 Å². The lowest BCUT2D eigenvalue weighted by Gasteiger charge is -2.40. The summed E-state index contributed by atoms with van der Waals surface area (Å²) in [6.07, 6.45) is 3.31. The number of ether oxygens (including phenoxy) is 1. The summed E-state index contributed by atoms with van der Waals surface area (Å²) in [5, 5.41) is 8.98. The molecule has 0 aliphatic carbocycles. The number of thiazole rings is 1. The minimum absolute atomic E-state index is 0.0976. The zero-order chi connectivity index (χ0) is 16.9. The smallest absolute Gasteiger partial charge is 0.315 e. The predicted molar refractivity (Wildman–Crippen MR) is 93.6 cm³/mol. The van der Waals surface area contributed by atoms with Gasteiger partial charge in [0.15, 0.2) is 0 Å². The van der Waals surface area contributed by atoms with Crippen molar-refractivity contribution in [2.75, 3.05) is 13.2 Å². The minimum atomic E-state index is -0.130. The van der Waals surface area contributed by atoms with Gasteiger partial charge in [0, 0.05) is 24.4 Å². The van der Waals surface area contributed by atoms with Gasteiger partial charge in [-0.3, -0.25) is 0 Å². The van der Waals surface area contributed by atoms with E-state index in [0.717, 1.165) is 36.6 Å². The summed E-state index contributed by atoms with van der Waals surface area (Å²) < 4.78 is 5.95. The van der Waals surface area contributed by atoms with Gasteiger partial charge in [-0.1, -0.05) is 27.7 Å². The number of hydrogen-bond acceptors (Lipinski definition) is 4. The van der Waals surface area contributed by atoms with Crippen molar-refractivity contribution in [2.45, 2.75) is 59.6 Å². The molecule has 2 atom stereocenters. The van der Waals surface area contributed by atoms with Crippen molar-refractivity contribution < 1.29 is 9.53 Å². The molecule has 0 bridgehead atoms. The molecule has 1 aliphatic rings. The second-order valence-corrected chi connectivity index (χ2v) is 8.15. The molecular formula is C17H29N3O2S. The molecule has 0 radical (unpaired) electrons. The molecule has 1 fully saturated rings. The maximum absolute atomic E-state index is 12.0. The van der Waals surface area contributed by atoms with Gasteiger partial charge >= 0.3 is 6.03 Å². The van der Waals surface area contributed by atoms with E-state index in [9.17, 15) is 4.79 Å². The van der Waals surface area contributed by atoms with E-state index < -0.39 is 0 Å². The molecule has 2 amide bonds. The van der Waals surface area contributed by atoms with E-state index in [1.54, 1.807) is 11.3 Å². The summed E-state index contributed by atoms with van der Waals surface area (Å²) in [7, 11) is 0. The predicted octanol–water partition coefficient (Wildman–Crippen LogP) is 3.35. The summed E-state index contributed by atoms with van der Waals surface area (Å²) in [5.41, 5.74) is 1.02. The van der Waals surface area contributed by atoms with Crippen LogP contribution in [-0.2, 0) is 17.7 Å². The van der Waals surface area contributed by atoms with Gasteiger partial charge in [-0.2, -0.15) is 0 Å². The number of amides is 2. The average molecular weight is 340 g/mol. The zero-order valence-corrected chi connectivity index (χ0v) is 15.5. The first kappa shape index (κ1) is 18.2. The Balaban J connectivity index is 1.76. The summed E-state index contributed by atoms with van der Waals surface area (Å²) >= 11 is 1.64. The highest BCUT2D eigenvalue weighted by atomic mass is 32.1. The third-order valence-electron chi connectivity index (χ3n) is 4.16. The molecule has 0 saturated carbocycles. The van der Waals surface area contributed by atoms with Crippen LogP contribution in [0.5, 0.6) is 0 Å².